The molecule has 1 unspecified atom stereocenters. The fourth-order valence-electron chi connectivity index (χ4n) is 3.83. The molecule has 3 aromatic carbocycles. The second kappa shape index (κ2) is 11.7. The number of carbonyl (C=O) groups excluding carboxylic acids is 2. The molecule has 0 aliphatic heterocycles. The van der Waals surface area contributed by atoms with E-state index in [0.717, 1.165) is 27.3 Å². The number of nitrogens with one attached hydrogen (secondary N) is 1. The van der Waals surface area contributed by atoms with Gasteiger partial charge < -0.3 is 10.2 Å². The van der Waals surface area contributed by atoms with Gasteiger partial charge in [-0.1, -0.05) is 78.4 Å². The molecule has 0 aromatic heterocycles. The minimum Gasteiger partial charge on any atom is -0.357 e. The molecule has 1 atom stereocenters. The number of benzene rings is 3. The largest absolute Gasteiger partial charge is 0.357 e. The number of sulfonamides is 1. The standard InChI is InChI=1S/C27H31N3O4S/c1-21-14-16-24(17-15-21)30(35(3,33)34)20-26(31)29(19-23-12-8-5-9-13-23)25(27(32)28-2)18-22-10-6-4-7-11-22/h4-17,25H,18-20H2,1-3H3,(H,28,32). The predicted octanol–water partition coefficient (Wildman–Crippen LogP) is 3.15. The Morgan fingerprint density at radius 2 is 1.40 bits per heavy atom. The first-order chi connectivity index (χ1) is 16.7. The van der Waals surface area contributed by atoms with Crippen LogP contribution in [0, 0.1) is 6.92 Å². The third kappa shape index (κ3) is 7.16. The second-order valence-electron chi connectivity index (χ2n) is 8.43. The molecule has 0 saturated heterocycles. The van der Waals surface area contributed by atoms with Crippen LogP contribution in [0.25, 0.3) is 0 Å². The van der Waals surface area contributed by atoms with Gasteiger partial charge in [0.2, 0.25) is 21.8 Å². The highest BCUT2D eigenvalue weighted by Crippen LogP contribution is 2.20. The fourth-order valence-corrected chi connectivity index (χ4v) is 4.68. The van der Waals surface area contributed by atoms with Crippen LogP contribution in [0.1, 0.15) is 16.7 Å². The highest BCUT2D eigenvalue weighted by Gasteiger charge is 2.32. The molecule has 0 aliphatic rings. The monoisotopic (exact) mass is 493 g/mol. The molecular weight excluding hydrogens is 462 g/mol. The zero-order valence-corrected chi connectivity index (χ0v) is 21.0. The van der Waals surface area contributed by atoms with Crippen LogP contribution in [-0.4, -0.2) is 51.0 Å². The second-order valence-corrected chi connectivity index (χ2v) is 10.3. The smallest absolute Gasteiger partial charge is 0.244 e. The van der Waals surface area contributed by atoms with Crippen LogP contribution >= 0.6 is 0 Å². The van der Waals surface area contributed by atoms with E-state index in [2.05, 4.69) is 5.32 Å². The Bertz CT molecular complexity index is 1230. The number of aryl methyl sites for hydroxylation is 1. The lowest BCUT2D eigenvalue weighted by Crippen LogP contribution is -2.52. The normalized spacial score (nSPS) is 12.0. The van der Waals surface area contributed by atoms with Gasteiger partial charge in [0, 0.05) is 20.0 Å². The highest BCUT2D eigenvalue weighted by atomic mass is 32.2. The van der Waals surface area contributed by atoms with E-state index in [1.807, 2.05) is 67.6 Å². The molecule has 7 nitrogen and oxygen atoms in total. The van der Waals surface area contributed by atoms with Gasteiger partial charge in [-0.2, -0.15) is 0 Å². The summed E-state index contributed by atoms with van der Waals surface area (Å²) in [5.41, 5.74) is 3.10. The fraction of sp³-hybridized carbons (Fsp3) is 0.259. The third-order valence-corrected chi connectivity index (χ3v) is 6.85. The average Bonchev–Trinajstić information content (AvgIpc) is 2.85. The maximum absolute atomic E-state index is 13.7. The summed E-state index contributed by atoms with van der Waals surface area (Å²) in [6, 6.07) is 24.9. The van der Waals surface area contributed by atoms with E-state index in [1.165, 1.54) is 11.9 Å². The summed E-state index contributed by atoms with van der Waals surface area (Å²) in [6.07, 6.45) is 1.37. The van der Waals surface area contributed by atoms with Crippen molar-refractivity contribution < 1.29 is 18.0 Å². The van der Waals surface area contributed by atoms with Crippen molar-refractivity contribution in [2.75, 3.05) is 24.2 Å². The Balaban J connectivity index is 1.99. The predicted molar refractivity (Wildman–Crippen MR) is 138 cm³/mol. The van der Waals surface area contributed by atoms with Crippen molar-refractivity contribution in [2.24, 2.45) is 0 Å². The molecule has 0 heterocycles. The van der Waals surface area contributed by atoms with Crippen LogP contribution in [0.15, 0.2) is 84.9 Å². The van der Waals surface area contributed by atoms with Crippen LogP contribution in [-0.2, 0) is 32.6 Å². The van der Waals surface area contributed by atoms with E-state index >= 15 is 0 Å². The Morgan fingerprint density at radius 1 is 0.857 bits per heavy atom. The minimum atomic E-state index is -3.76. The average molecular weight is 494 g/mol. The van der Waals surface area contributed by atoms with Gasteiger partial charge >= 0.3 is 0 Å². The van der Waals surface area contributed by atoms with Crippen molar-refractivity contribution in [3.05, 3.63) is 102 Å². The number of likely N-dealkylation sites (N-methyl/N-ethyl adjacent to an activating group) is 1. The molecule has 2 amide bonds. The van der Waals surface area contributed by atoms with Gasteiger partial charge in [-0.05, 0) is 30.2 Å². The molecule has 0 bridgehead atoms. The first-order valence-corrected chi connectivity index (χ1v) is 13.2. The van der Waals surface area contributed by atoms with Crippen molar-refractivity contribution in [1.29, 1.82) is 0 Å². The maximum Gasteiger partial charge on any atom is 0.244 e. The number of hydrogen-bond donors (Lipinski definition) is 1. The van der Waals surface area contributed by atoms with Gasteiger partial charge in [-0.3, -0.25) is 13.9 Å². The van der Waals surface area contributed by atoms with E-state index < -0.39 is 28.5 Å². The number of carbonyl (C=O) groups is 2. The Hall–Kier alpha value is -3.65. The van der Waals surface area contributed by atoms with Crippen molar-refractivity contribution >= 4 is 27.5 Å². The quantitative estimate of drug-likeness (QED) is 0.470. The van der Waals surface area contributed by atoms with Crippen LogP contribution in [0.5, 0.6) is 0 Å². The zero-order chi connectivity index (χ0) is 25.4. The molecule has 35 heavy (non-hydrogen) atoms. The van der Waals surface area contributed by atoms with E-state index in [9.17, 15) is 18.0 Å². The van der Waals surface area contributed by atoms with E-state index in [-0.39, 0.29) is 12.5 Å². The molecule has 184 valence electrons. The molecule has 1 N–H and O–H groups in total. The lowest BCUT2D eigenvalue weighted by Gasteiger charge is -2.33. The molecule has 0 saturated carbocycles. The topological polar surface area (TPSA) is 86.8 Å². The van der Waals surface area contributed by atoms with Gasteiger partial charge in [0.25, 0.3) is 0 Å². The number of anilines is 1. The number of rotatable bonds is 10. The van der Waals surface area contributed by atoms with Crippen molar-refractivity contribution in [1.82, 2.24) is 10.2 Å². The Labute approximate surface area is 207 Å². The van der Waals surface area contributed by atoms with Gasteiger partial charge in [-0.15, -0.1) is 0 Å². The van der Waals surface area contributed by atoms with Gasteiger partial charge in [0.1, 0.15) is 12.6 Å². The molecular formula is C27H31N3O4S. The highest BCUT2D eigenvalue weighted by molar-refractivity contribution is 7.92. The third-order valence-electron chi connectivity index (χ3n) is 5.71. The van der Waals surface area contributed by atoms with Gasteiger partial charge in [0.05, 0.1) is 11.9 Å². The summed E-state index contributed by atoms with van der Waals surface area (Å²) >= 11 is 0. The van der Waals surface area contributed by atoms with Crippen LogP contribution in [0.2, 0.25) is 0 Å². The van der Waals surface area contributed by atoms with E-state index in [0.29, 0.717) is 12.1 Å². The van der Waals surface area contributed by atoms with Gasteiger partial charge in [0.15, 0.2) is 0 Å². The summed E-state index contributed by atoms with van der Waals surface area (Å²) in [5.74, 6) is -0.788. The van der Waals surface area contributed by atoms with Crippen molar-refractivity contribution in [3.63, 3.8) is 0 Å². The molecule has 3 rings (SSSR count). The van der Waals surface area contributed by atoms with Crippen LogP contribution in [0.3, 0.4) is 0 Å². The first kappa shape index (κ1) is 26.0. The van der Waals surface area contributed by atoms with Gasteiger partial charge in [-0.25, -0.2) is 8.42 Å². The number of amides is 2. The zero-order valence-electron chi connectivity index (χ0n) is 20.2. The van der Waals surface area contributed by atoms with Crippen LogP contribution < -0.4 is 9.62 Å². The molecule has 8 heteroatoms. The van der Waals surface area contributed by atoms with E-state index in [1.54, 1.807) is 24.3 Å². The van der Waals surface area contributed by atoms with Crippen molar-refractivity contribution in [2.45, 2.75) is 25.9 Å². The maximum atomic E-state index is 13.7. The molecule has 3 aromatic rings. The Kier molecular flexibility index (Phi) is 8.65. The summed E-state index contributed by atoms with van der Waals surface area (Å²) < 4.78 is 26.4. The minimum absolute atomic E-state index is 0.163. The molecule has 0 radical (unpaired) electrons. The lowest BCUT2D eigenvalue weighted by molar-refractivity contribution is -0.139. The SMILES string of the molecule is CNC(=O)C(Cc1ccccc1)N(Cc1ccccc1)C(=O)CN(c1ccc(C)cc1)S(C)(=O)=O. The Morgan fingerprint density at radius 3 is 1.91 bits per heavy atom. The molecule has 0 aliphatic carbocycles. The van der Waals surface area contributed by atoms with Crippen molar-refractivity contribution in [3.8, 4) is 0 Å². The molecule has 0 fully saturated rings. The molecule has 0 spiro atoms. The first-order valence-electron chi connectivity index (χ1n) is 11.3. The summed E-state index contributed by atoms with van der Waals surface area (Å²) in [4.78, 5) is 28.2. The van der Waals surface area contributed by atoms with E-state index in [4.69, 9.17) is 0 Å². The number of hydrogen-bond acceptors (Lipinski definition) is 4. The summed E-state index contributed by atoms with van der Waals surface area (Å²) in [5, 5.41) is 2.66. The number of nitrogens with zero attached hydrogens (tertiary/aromatic N) is 2. The summed E-state index contributed by atoms with van der Waals surface area (Å²) in [6.45, 7) is 1.64. The summed E-state index contributed by atoms with van der Waals surface area (Å²) in [7, 11) is -2.23. The van der Waals surface area contributed by atoms with Crippen LogP contribution in [0.4, 0.5) is 5.69 Å². The lowest BCUT2D eigenvalue weighted by atomic mass is 10.0.